The van der Waals surface area contributed by atoms with Gasteiger partial charge in [-0.05, 0) is 37.2 Å². The zero-order chi connectivity index (χ0) is 15.1. The predicted octanol–water partition coefficient (Wildman–Crippen LogP) is 2.83. The van der Waals surface area contributed by atoms with Gasteiger partial charge in [0.15, 0.2) is 0 Å². The van der Waals surface area contributed by atoms with Gasteiger partial charge < -0.3 is 10.2 Å². The Balaban J connectivity index is 1.92. The second kappa shape index (κ2) is 7.74. The van der Waals surface area contributed by atoms with E-state index in [1.165, 1.54) is 5.56 Å². The van der Waals surface area contributed by atoms with Gasteiger partial charge in [-0.15, -0.1) is 0 Å². The predicted molar refractivity (Wildman–Crippen MR) is 87.5 cm³/mol. The third-order valence-corrected chi connectivity index (χ3v) is 3.60. The Morgan fingerprint density at radius 1 is 1.19 bits per heavy atom. The zero-order valence-electron chi connectivity index (χ0n) is 13.1. The fourth-order valence-corrected chi connectivity index (χ4v) is 2.25. The number of pyridine rings is 2. The van der Waals surface area contributed by atoms with E-state index >= 15 is 0 Å². The Morgan fingerprint density at radius 2 is 2.05 bits per heavy atom. The van der Waals surface area contributed by atoms with Crippen molar-refractivity contribution in [2.45, 2.75) is 26.3 Å². The largest absolute Gasteiger partial charge is 0.359 e. The molecule has 0 amide bonds. The normalized spacial score (nSPS) is 12.1. The van der Waals surface area contributed by atoms with Gasteiger partial charge in [0.25, 0.3) is 0 Å². The van der Waals surface area contributed by atoms with Gasteiger partial charge in [0.05, 0.1) is 0 Å². The SMILES string of the molecule is CCNC(C)c1ccc(N(C)CCc2ccccn2)nc1. The third-order valence-electron chi connectivity index (χ3n) is 3.60. The lowest BCUT2D eigenvalue weighted by Gasteiger charge is -2.19. The molecule has 0 saturated heterocycles. The van der Waals surface area contributed by atoms with Crippen molar-refractivity contribution in [1.82, 2.24) is 15.3 Å². The molecule has 0 fully saturated rings. The Labute approximate surface area is 127 Å². The summed E-state index contributed by atoms with van der Waals surface area (Å²) in [5.41, 5.74) is 2.33. The lowest BCUT2D eigenvalue weighted by Crippen LogP contribution is -2.22. The fourth-order valence-electron chi connectivity index (χ4n) is 2.25. The first-order valence-corrected chi connectivity index (χ1v) is 7.51. The molecule has 1 atom stereocenters. The second-order valence-corrected chi connectivity index (χ2v) is 5.22. The number of rotatable bonds is 7. The van der Waals surface area contributed by atoms with Crippen molar-refractivity contribution in [3.63, 3.8) is 0 Å². The zero-order valence-corrected chi connectivity index (χ0v) is 13.1. The molecular weight excluding hydrogens is 260 g/mol. The number of likely N-dealkylation sites (N-methyl/N-ethyl adjacent to an activating group) is 1. The van der Waals surface area contributed by atoms with E-state index in [-0.39, 0.29) is 0 Å². The van der Waals surface area contributed by atoms with Crippen molar-refractivity contribution in [3.8, 4) is 0 Å². The van der Waals surface area contributed by atoms with E-state index in [0.29, 0.717) is 6.04 Å². The highest BCUT2D eigenvalue weighted by molar-refractivity contribution is 5.39. The van der Waals surface area contributed by atoms with Crippen LogP contribution in [0.5, 0.6) is 0 Å². The minimum Gasteiger partial charge on any atom is -0.359 e. The van der Waals surface area contributed by atoms with E-state index in [1.54, 1.807) is 0 Å². The van der Waals surface area contributed by atoms with E-state index in [4.69, 9.17) is 0 Å². The van der Waals surface area contributed by atoms with E-state index in [2.05, 4.69) is 59.3 Å². The minimum atomic E-state index is 0.343. The van der Waals surface area contributed by atoms with Crippen LogP contribution < -0.4 is 10.2 Å². The molecule has 0 saturated carbocycles. The standard InChI is InChI=1S/C17H24N4/c1-4-18-14(2)15-8-9-17(20-13-15)21(3)12-10-16-7-5-6-11-19-16/h5-9,11,13-14,18H,4,10,12H2,1-3H3. The van der Waals surface area contributed by atoms with Crippen LogP contribution in [0.2, 0.25) is 0 Å². The van der Waals surface area contributed by atoms with Gasteiger partial charge >= 0.3 is 0 Å². The summed E-state index contributed by atoms with van der Waals surface area (Å²) < 4.78 is 0. The Morgan fingerprint density at radius 3 is 2.67 bits per heavy atom. The van der Waals surface area contributed by atoms with Crippen molar-refractivity contribution in [2.24, 2.45) is 0 Å². The molecule has 0 bridgehead atoms. The van der Waals surface area contributed by atoms with Gasteiger partial charge in [-0.1, -0.05) is 19.1 Å². The molecule has 2 aromatic heterocycles. The Kier molecular flexibility index (Phi) is 5.69. The van der Waals surface area contributed by atoms with Crippen LogP contribution in [0, 0.1) is 0 Å². The van der Waals surface area contributed by atoms with Gasteiger partial charge in [0, 0.05) is 44.1 Å². The van der Waals surface area contributed by atoms with Crippen molar-refractivity contribution < 1.29 is 0 Å². The van der Waals surface area contributed by atoms with Crippen molar-refractivity contribution >= 4 is 5.82 Å². The van der Waals surface area contributed by atoms with Gasteiger partial charge in [-0.2, -0.15) is 0 Å². The fraction of sp³-hybridized carbons (Fsp3) is 0.412. The van der Waals surface area contributed by atoms with Crippen LogP contribution in [-0.2, 0) is 6.42 Å². The van der Waals surface area contributed by atoms with Crippen LogP contribution in [0.3, 0.4) is 0 Å². The third kappa shape index (κ3) is 4.53. The number of nitrogens with zero attached hydrogens (tertiary/aromatic N) is 3. The number of anilines is 1. The molecule has 0 aliphatic rings. The molecule has 112 valence electrons. The highest BCUT2D eigenvalue weighted by Crippen LogP contribution is 2.15. The molecule has 2 aromatic rings. The lowest BCUT2D eigenvalue weighted by molar-refractivity contribution is 0.596. The smallest absolute Gasteiger partial charge is 0.128 e. The first-order valence-electron chi connectivity index (χ1n) is 7.51. The van der Waals surface area contributed by atoms with E-state index < -0.39 is 0 Å². The molecule has 2 heterocycles. The first kappa shape index (κ1) is 15.4. The number of hydrogen-bond acceptors (Lipinski definition) is 4. The molecule has 4 nitrogen and oxygen atoms in total. The molecule has 4 heteroatoms. The second-order valence-electron chi connectivity index (χ2n) is 5.22. The summed E-state index contributed by atoms with van der Waals surface area (Å²) in [7, 11) is 2.07. The Bertz CT molecular complexity index is 524. The summed E-state index contributed by atoms with van der Waals surface area (Å²) in [6, 6.07) is 10.6. The summed E-state index contributed by atoms with van der Waals surface area (Å²) in [6.07, 6.45) is 4.72. The number of hydrogen-bond donors (Lipinski definition) is 1. The highest BCUT2D eigenvalue weighted by Gasteiger charge is 2.07. The molecule has 0 aliphatic carbocycles. The molecule has 21 heavy (non-hydrogen) atoms. The highest BCUT2D eigenvalue weighted by atomic mass is 15.2. The Hall–Kier alpha value is -1.94. The van der Waals surface area contributed by atoms with Crippen molar-refractivity contribution in [2.75, 3.05) is 25.0 Å². The summed E-state index contributed by atoms with van der Waals surface area (Å²) in [4.78, 5) is 11.1. The molecule has 1 unspecified atom stereocenters. The van der Waals surface area contributed by atoms with Crippen LogP contribution in [0.1, 0.15) is 31.1 Å². The van der Waals surface area contributed by atoms with E-state index in [9.17, 15) is 0 Å². The quantitative estimate of drug-likeness (QED) is 0.849. The van der Waals surface area contributed by atoms with Gasteiger partial charge in [-0.25, -0.2) is 4.98 Å². The van der Waals surface area contributed by atoms with Crippen molar-refractivity contribution in [3.05, 3.63) is 54.0 Å². The maximum atomic E-state index is 4.56. The summed E-state index contributed by atoms with van der Waals surface area (Å²) in [5.74, 6) is 0.998. The number of nitrogens with one attached hydrogen (secondary N) is 1. The van der Waals surface area contributed by atoms with Gasteiger partial charge in [0.2, 0.25) is 0 Å². The average Bonchev–Trinajstić information content (AvgIpc) is 2.54. The molecule has 0 aromatic carbocycles. The molecule has 0 aliphatic heterocycles. The van der Waals surface area contributed by atoms with Crippen LogP contribution in [0.4, 0.5) is 5.82 Å². The van der Waals surface area contributed by atoms with Gasteiger partial charge in [0.1, 0.15) is 5.82 Å². The molecular formula is C17H24N4. The maximum absolute atomic E-state index is 4.56. The monoisotopic (exact) mass is 284 g/mol. The van der Waals surface area contributed by atoms with E-state index in [0.717, 1.165) is 31.0 Å². The minimum absolute atomic E-state index is 0.343. The number of aromatic nitrogens is 2. The van der Waals surface area contributed by atoms with Crippen LogP contribution in [0.25, 0.3) is 0 Å². The molecule has 0 radical (unpaired) electrons. The van der Waals surface area contributed by atoms with Crippen molar-refractivity contribution in [1.29, 1.82) is 0 Å². The first-order chi connectivity index (χ1) is 10.2. The molecule has 1 N–H and O–H groups in total. The van der Waals surface area contributed by atoms with E-state index in [1.807, 2.05) is 24.5 Å². The van der Waals surface area contributed by atoms with Crippen LogP contribution in [-0.4, -0.2) is 30.1 Å². The van der Waals surface area contributed by atoms with Gasteiger partial charge in [-0.3, -0.25) is 4.98 Å². The topological polar surface area (TPSA) is 41.0 Å². The summed E-state index contributed by atoms with van der Waals surface area (Å²) >= 11 is 0. The lowest BCUT2D eigenvalue weighted by atomic mass is 10.1. The summed E-state index contributed by atoms with van der Waals surface area (Å²) in [5, 5.41) is 3.40. The average molecular weight is 284 g/mol. The van der Waals surface area contributed by atoms with Crippen LogP contribution >= 0.6 is 0 Å². The summed E-state index contributed by atoms with van der Waals surface area (Å²) in [6.45, 7) is 6.15. The maximum Gasteiger partial charge on any atom is 0.128 e. The molecule has 2 rings (SSSR count). The molecule has 0 spiro atoms. The van der Waals surface area contributed by atoms with Crippen LogP contribution in [0.15, 0.2) is 42.7 Å².